The molecule has 0 radical (unpaired) electrons. The number of hydrogen-bond acceptors (Lipinski definition) is 4. The average Bonchev–Trinajstić information content (AvgIpc) is 2.98. The number of nitriles is 1. The first-order valence-corrected chi connectivity index (χ1v) is 16.1. The fourth-order valence-electron chi connectivity index (χ4n) is 5.20. The molecule has 1 atom stereocenters. The van der Waals surface area contributed by atoms with Gasteiger partial charge in [-0.15, -0.1) is 0 Å². The minimum Gasteiger partial charge on any atom is -0.192 e. The summed E-state index contributed by atoms with van der Waals surface area (Å²) in [7, 11) is -5.83. The number of nitrogens with zero attached hydrogens (tertiary/aromatic N) is 1. The lowest BCUT2D eigenvalue weighted by Crippen LogP contribution is -2.29. The molecule has 1 unspecified atom stereocenters. The Morgan fingerprint density at radius 1 is 0.674 bits per heavy atom. The van der Waals surface area contributed by atoms with Crippen LogP contribution in [-0.4, -0.2) is 13.9 Å². The van der Waals surface area contributed by atoms with E-state index in [1.54, 1.807) is 18.2 Å². The highest BCUT2D eigenvalue weighted by Crippen LogP contribution is 2.39. The van der Waals surface area contributed by atoms with Crippen molar-refractivity contribution in [2.24, 2.45) is 0 Å². The number of alkyl halides is 3. The highest BCUT2D eigenvalue weighted by Gasteiger charge is 2.52. The minimum absolute atomic E-state index is 0.0607. The van der Waals surface area contributed by atoms with Gasteiger partial charge in [-0.25, -0.2) is 0 Å². The standard InChI is InChI=1S/C34H23F3NO3S2/c35-34(36,37)43(39,40)41-42(21-24-14-12-23(20-38)13-15-24)22-25-6-5-10-29(16-25)33-31-11-4-3-9-28(31)18-30-17-26-7-1-2-8-27(26)19-32(30)33/h1-19H,21-22H2/q+1. The van der Waals surface area contributed by atoms with Crippen molar-refractivity contribution >= 4 is 53.6 Å². The van der Waals surface area contributed by atoms with Gasteiger partial charge in [0.2, 0.25) is 0 Å². The van der Waals surface area contributed by atoms with Crippen molar-refractivity contribution in [1.29, 1.82) is 5.26 Å². The van der Waals surface area contributed by atoms with Gasteiger partial charge in [0.05, 0.1) is 11.6 Å². The molecule has 4 nitrogen and oxygen atoms in total. The summed E-state index contributed by atoms with van der Waals surface area (Å²) < 4.78 is 68.9. The fourth-order valence-corrected chi connectivity index (χ4v) is 8.12. The molecule has 0 amide bonds. The first-order chi connectivity index (χ1) is 20.6. The van der Waals surface area contributed by atoms with Crippen LogP contribution in [0.5, 0.6) is 0 Å². The summed E-state index contributed by atoms with van der Waals surface area (Å²) >= 11 is -1.68. The van der Waals surface area contributed by atoms with Crippen LogP contribution in [0, 0.1) is 11.3 Å². The van der Waals surface area contributed by atoms with Crippen LogP contribution in [0.25, 0.3) is 43.4 Å². The third-order valence-corrected chi connectivity index (χ3v) is 10.5. The summed E-state index contributed by atoms with van der Waals surface area (Å²) in [6.45, 7) is 0. The van der Waals surface area contributed by atoms with Gasteiger partial charge in [0.15, 0.2) is 22.7 Å². The molecule has 0 bridgehead atoms. The quantitative estimate of drug-likeness (QED) is 0.102. The van der Waals surface area contributed by atoms with Crippen LogP contribution >= 0.6 is 0 Å². The Hall–Kier alpha value is -4.36. The number of rotatable bonds is 7. The number of fused-ring (bicyclic) bond motifs is 3. The average molecular weight is 615 g/mol. The third kappa shape index (κ3) is 5.95. The van der Waals surface area contributed by atoms with Crippen LogP contribution < -0.4 is 0 Å². The number of hydrogen-bond donors (Lipinski definition) is 0. The van der Waals surface area contributed by atoms with E-state index in [-0.39, 0.29) is 11.5 Å². The first kappa shape index (κ1) is 28.7. The summed E-state index contributed by atoms with van der Waals surface area (Å²) in [5, 5.41) is 15.4. The molecule has 0 aliphatic rings. The molecule has 0 aromatic heterocycles. The van der Waals surface area contributed by atoms with Gasteiger partial charge in [0.25, 0.3) is 0 Å². The lowest BCUT2D eigenvalue weighted by molar-refractivity contribution is -0.0495. The maximum absolute atomic E-state index is 13.3. The Morgan fingerprint density at radius 3 is 2.00 bits per heavy atom. The molecular formula is C34H23F3NO3S2+. The maximum atomic E-state index is 13.3. The van der Waals surface area contributed by atoms with Crippen molar-refractivity contribution in [3.8, 4) is 17.2 Å². The zero-order valence-electron chi connectivity index (χ0n) is 22.5. The van der Waals surface area contributed by atoms with E-state index in [0.717, 1.165) is 43.4 Å². The van der Waals surface area contributed by atoms with Crippen LogP contribution in [-0.2, 0) is 36.4 Å². The SMILES string of the molecule is N#Cc1ccc(C[S+](Cc2cccc(-c3c4ccccc4cc4cc5ccccc5cc34)c2)OS(=O)(=O)C(F)(F)F)cc1. The predicted octanol–water partition coefficient (Wildman–Crippen LogP) is 8.78. The van der Waals surface area contributed by atoms with Crippen molar-refractivity contribution in [3.05, 3.63) is 132 Å². The molecule has 0 aliphatic heterocycles. The van der Waals surface area contributed by atoms with E-state index >= 15 is 0 Å². The molecule has 0 spiro atoms. The normalized spacial score (nSPS) is 12.9. The van der Waals surface area contributed by atoms with Gasteiger partial charge in [-0.3, -0.25) is 0 Å². The molecule has 43 heavy (non-hydrogen) atoms. The van der Waals surface area contributed by atoms with E-state index in [1.807, 2.05) is 60.7 Å². The molecule has 0 aliphatic carbocycles. The van der Waals surface area contributed by atoms with Gasteiger partial charge < -0.3 is 0 Å². The van der Waals surface area contributed by atoms with Gasteiger partial charge in [0, 0.05) is 11.1 Å². The van der Waals surface area contributed by atoms with E-state index < -0.39 is 26.8 Å². The van der Waals surface area contributed by atoms with Crippen molar-refractivity contribution in [2.75, 3.05) is 0 Å². The van der Waals surface area contributed by atoms with Gasteiger partial charge in [-0.2, -0.15) is 26.9 Å². The van der Waals surface area contributed by atoms with Crippen LogP contribution in [0.2, 0.25) is 0 Å². The largest absolute Gasteiger partial charge is 0.527 e. The van der Waals surface area contributed by atoms with Crippen molar-refractivity contribution < 1.29 is 25.2 Å². The molecule has 9 heteroatoms. The van der Waals surface area contributed by atoms with Crippen molar-refractivity contribution in [1.82, 2.24) is 0 Å². The molecule has 214 valence electrons. The molecule has 0 fully saturated rings. The summed E-state index contributed by atoms with van der Waals surface area (Å²) in [5.41, 5.74) is -2.13. The smallest absolute Gasteiger partial charge is 0.192 e. The molecule has 0 heterocycles. The summed E-state index contributed by atoms with van der Waals surface area (Å²) in [4.78, 5) is 0. The van der Waals surface area contributed by atoms with E-state index in [1.165, 1.54) is 12.1 Å². The molecule has 0 N–H and O–H groups in total. The second kappa shape index (κ2) is 11.4. The zero-order chi connectivity index (χ0) is 30.2. The van der Waals surface area contributed by atoms with Gasteiger partial charge in [0.1, 0.15) is 0 Å². The molecule has 6 aromatic rings. The Balaban J connectivity index is 1.44. The molecule has 0 saturated carbocycles. The fraction of sp³-hybridized carbons (Fsp3) is 0.0882. The molecule has 6 aromatic carbocycles. The molecule has 6 rings (SSSR count). The lowest BCUT2D eigenvalue weighted by Gasteiger charge is -2.14. The van der Waals surface area contributed by atoms with Crippen molar-refractivity contribution in [2.45, 2.75) is 17.0 Å². The Bertz CT molecular complexity index is 2130. The molecule has 0 saturated heterocycles. The van der Waals surface area contributed by atoms with E-state index in [4.69, 9.17) is 8.89 Å². The van der Waals surface area contributed by atoms with Gasteiger partial charge >= 0.3 is 15.6 Å². The number of halogens is 3. The highest BCUT2D eigenvalue weighted by molar-refractivity contribution is 8.02. The summed E-state index contributed by atoms with van der Waals surface area (Å²) in [6.07, 6.45) is 0. The topological polar surface area (TPSA) is 67.2 Å². The van der Waals surface area contributed by atoms with E-state index in [0.29, 0.717) is 16.7 Å². The second-order valence-electron chi connectivity index (χ2n) is 10.1. The summed E-state index contributed by atoms with van der Waals surface area (Å²) in [5.74, 6) is -0.136. The summed E-state index contributed by atoms with van der Waals surface area (Å²) in [6, 6.07) is 38.2. The van der Waals surface area contributed by atoms with Crippen LogP contribution in [0.15, 0.2) is 115 Å². The predicted molar refractivity (Wildman–Crippen MR) is 166 cm³/mol. The Kier molecular flexibility index (Phi) is 7.61. The van der Waals surface area contributed by atoms with Gasteiger partial charge in [-0.05, 0) is 83.5 Å². The van der Waals surface area contributed by atoms with Crippen molar-refractivity contribution in [3.63, 3.8) is 0 Å². The second-order valence-corrected chi connectivity index (χ2v) is 13.5. The van der Waals surface area contributed by atoms with Crippen LogP contribution in [0.3, 0.4) is 0 Å². The highest BCUT2D eigenvalue weighted by atomic mass is 32.3. The monoisotopic (exact) mass is 614 g/mol. The van der Waals surface area contributed by atoms with Gasteiger partial charge in [-0.1, -0.05) is 78.9 Å². The Labute approximate surface area is 249 Å². The zero-order valence-corrected chi connectivity index (χ0v) is 24.1. The third-order valence-electron chi connectivity index (χ3n) is 7.15. The van der Waals surface area contributed by atoms with Crippen LogP contribution in [0.1, 0.15) is 16.7 Å². The first-order valence-electron chi connectivity index (χ1n) is 13.2. The molecular weight excluding hydrogens is 592 g/mol. The van der Waals surface area contributed by atoms with E-state index in [2.05, 4.69) is 30.3 Å². The van der Waals surface area contributed by atoms with Crippen LogP contribution in [0.4, 0.5) is 13.2 Å². The minimum atomic E-state index is -5.83. The maximum Gasteiger partial charge on any atom is 0.527 e. The lowest BCUT2D eigenvalue weighted by atomic mass is 9.90. The van der Waals surface area contributed by atoms with E-state index in [9.17, 15) is 21.6 Å². The Morgan fingerprint density at radius 2 is 1.30 bits per heavy atom. The number of benzene rings is 6.